The quantitative estimate of drug-likeness (QED) is 0.153. The summed E-state index contributed by atoms with van der Waals surface area (Å²) in [5.74, 6) is 1.41. The van der Waals surface area contributed by atoms with E-state index < -0.39 is 0 Å². The van der Waals surface area contributed by atoms with Gasteiger partial charge in [-0.1, -0.05) is 91.0 Å². The summed E-state index contributed by atoms with van der Waals surface area (Å²) in [7, 11) is 0. The van der Waals surface area contributed by atoms with Gasteiger partial charge in [0.2, 0.25) is 0 Å². The van der Waals surface area contributed by atoms with Gasteiger partial charge in [0.25, 0.3) is 0 Å². The highest BCUT2D eigenvalue weighted by atomic mass is 15.1. The summed E-state index contributed by atoms with van der Waals surface area (Å²) in [5, 5.41) is 33.8. The third-order valence-electron chi connectivity index (χ3n) is 11.9. The molecule has 0 N–H and O–H groups in total. The Hall–Kier alpha value is -10.2. The number of aromatic nitrogens is 5. The third-order valence-corrected chi connectivity index (χ3v) is 11.9. The Balaban J connectivity index is 1.25. The SMILES string of the molecule is [C-]#[N+]c1ccc2c(c1)c1cc([N+]#[C-])ccc1n2-c1cc(-c2cccc(C#N)c2-n2c3ccc(C#N)cc3c3cc(C#N)ccc32)ccc1-c1nc(-c2ccccc2)nc(-c2ccccc2)n1. The van der Waals surface area contributed by atoms with Crippen molar-refractivity contribution in [2.45, 2.75) is 0 Å². The lowest BCUT2D eigenvalue weighted by molar-refractivity contribution is 1.06. The van der Waals surface area contributed by atoms with E-state index in [4.69, 9.17) is 28.1 Å². The van der Waals surface area contributed by atoms with Crippen molar-refractivity contribution in [3.63, 3.8) is 0 Å². The Morgan fingerprint density at radius 3 is 1.42 bits per heavy atom. The molecule has 3 aromatic heterocycles. The van der Waals surface area contributed by atoms with Gasteiger partial charge in [0, 0.05) is 33.0 Å². The maximum absolute atomic E-state index is 10.8. The van der Waals surface area contributed by atoms with Crippen molar-refractivity contribution in [3.8, 4) is 74.9 Å². The third kappa shape index (κ3) is 6.26. The highest BCUT2D eigenvalue weighted by Crippen LogP contribution is 2.43. The Bertz CT molecular complexity index is 3850. The van der Waals surface area contributed by atoms with Gasteiger partial charge in [-0.2, -0.15) is 15.8 Å². The number of benzene rings is 8. The normalized spacial score (nSPS) is 11.0. The number of fused-ring (bicyclic) bond motifs is 6. The number of nitrogens with zero attached hydrogens (tertiary/aromatic N) is 10. The van der Waals surface area contributed by atoms with E-state index in [-0.39, 0.29) is 0 Å². The van der Waals surface area contributed by atoms with E-state index in [1.54, 1.807) is 30.3 Å². The van der Waals surface area contributed by atoms with E-state index in [1.165, 1.54) is 0 Å². The molecular formula is C56H28N10. The van der Waals surface area contributed by atoms with Gasteiger partial charge in [-0.15, -0.1) is 0 Å². The van der Waals surface area contributed by atoms with Crippen LogP contribution in [0.1, 0.15) is 16.7 Å². The molecule has 0 amide bonds. The molecule has 0 saturated carbocycles. The predicted octanol–water partition coefficient (Wildman–Crippen LogP) is 13.5. The summed E-state index contributed by atoms with van der Waals surface area (Å²) >= 11 is 0. The van der Waals surface area contributed by atoms with E-state index in [0.717, 1.165) is 65.9 Å². The average molecular weight is 841 g/mol. The Kier molecular flexibility index (Phi) is 9.17. The molecule has 0 spiro atoms. The smallest absolute Gasteiger partial charge is 0.188 e. The molecule has 11 rings (SSSR count). The lowest BCUT2D eigenvalue weighted by atomic mass is 9.97. The summed E-state index contributed by atoms with van der Waals surface area (Å²) in [6.07, 6.45) is 0. The molecule has 0 saturated heterocycles. The van der Waals surface area contributed by atoms with Crippen LogP contribution in [0.4, 0.5) is 11.4 Å². The van der Waals surface area contributed by atoms with Gasteiger partial charge in [-0.25, -0.2) is 24.6 Å². The van der Waals surface area contributed by atoms with Crippen molar-refractivity contribution in [2.75, 3.05) is 0 Å². The van der Waals surface area contributed by atoms with E-state index in [1.807, 2.05) is 138 Å². The molecule has 0 unspecified atom stereocenters. The Labute approximate surface area is 377 Å². The van der Waals surface area contributed by atoms with Crippen LogP contribution in [0.5, 0.6) is 0 Å². The molecule has 302 valence electrons. The minimum atomic E-state index is 0.415. The summed E-state index contributed by atoms with van der Waals surface area (Å²) in [6, 6.07) is 60.3. The van der Waals surface area contributed by atoms with E-state index in [0.29, 0.717) is 62.5 Å². The number of nitriles is 3. The van der Waals surface area contributed by atoms with Crippen molar-refractivity contribution in [1.29, 1.82) is 15.8 Å². The van der Waals surface area contributed by atoms with Crippen LogP contribution in [0, 0.1) is 47.1 Å². The Morgan fingerprint density at radius 1 is 0.409 bits per heavy atom. The summed E-state index contributed by atoms with van der Waals surface area (Å²) in [4.78, 5) is 22.8. The summed E-state index contributed by atoms with van der Waals surface area (Å²) in [6.45, 7) is 15.8. The molecule has 0 aliphatic rings. The van der Waals surface area contributed by atoms with Gasteiger partial charge in [0.1, 0.15) is 6.07 Å². The monoisotopic (exact) mass is 840 g/mol. The first-order valence-corrected chi connectivity index (χ1v) is 20.8. The molecule has 11 aromatic rings. The maximum Gasteiger partial charge on any atom is 0.188 e. The van der Waals surface area contributed by atoms with Crippen molar-refractivity contribution < 1.29 is 0 Å². The fraction of sp³-hybridized carbons (Fsp3) is 0. The number of hydrogen-bond donors (Lipinski definition) is 0. The van der Waals surface area contributed by atoms with Crippen LogP contribution in [0.15, 0.2) is 170 Å². The highest BCUT2D eigenvalue weighted by Gasteiger charge is 2.24. The van der Waals surface area contributed by atoms with Gasteiger partial charge in [0.15, 0.2) is 28.8 Å². The largest absolute Gasteiger partial charge is 0.309 e. The van der Waals surface area contributed by atoms with Crippen LogP contribution in [0.25, 0.3) is 110 Å². The standard InChI is InChI=1S/C56H28N10/c1-60-40-19-24-48-46(29-40)47-30-41(61-2)20-25-49(47)65(48)52-28-38(18-21-43(52)56-63-54(36-10-5-3-6-11-36)62-55(64-56)37-12-7-4-8-13-37)42-15-9-14-39(33-59)53(42)66-50-22-16-34(31-57)26-44(50)45-27-35(32-58)17-23-51(45)66/h3-30H. The molecular weight excluding hydrogens is 813 g/mol. The lowest BCUT2D eigenvalue weighted by Gasteiger charge is -2.19. The van der Waals surface area contributed by atoms with Gasteiger partial charge in [-0.05, 0) is 95.2 Å². The molecule has 0 aliphatic heterocycles. The molecule has 0 radical (unpaired) electrons. The zero-order valence-electron chi connectivity index (χ0n) is 34.6. The molecule has 10 heteroatoms. The molecule has 0 atom stereocenters. The molecule has 3 heterocycles. The van der Waals surface area contributed by atoms with Crippen LogP contribution >= 0.6 is 0 Å². The first-order chi connectivity index (χ1) is 32.5. The van der Waals surface area contributed by atoms with E-state index in [2.05, 4.69) is 38.5 Å². The summed E-state index contributed by atoms with van der Waals surface area (Å²) < 4.78 is 4.16. The molecule has 66 heavy (non-hydrogen) atoms. The first kappa shape index (κ1) is 38.7. The lowest BCUT2D eigenvalue weighted by Crippen LogP contribution is -2.05. The van der Waals surface area contributed by atoms with Gasteiger partial charge in [-0.3, -0.25) is 0 Å². The van der Waals surface area contributed by atoms with Crippen LogP contribution in [-0.4, -0.2) is 24.1 Å². The fourth-order valence-corrected chi connectivity index (χ4v) is 8.91. The Morgan fingerprint density at radius 2 is 0.909 bits per heavy atom. The van der Waals surface area contributed by atoms with Gasteiger partial charge < -0.3 is 9.13 Å². The average Bonchev–Trinajstić information content (AvgIpc) is 3.89. The van der Waals surface area contributed by atoms with Gasteiger partial charge >= 0.3 is 0 Å². The minimum Gasteiger partial charge on any atom is -0.309 e. The zero-order valence-corrected chi connectivity index (χ0v) is 34.6. The van der Waals surface area contributed by atoms with Crippen LogP contribution in [-0.2, 0) is 0 Å². The molecule has 8 aromatic carbocycles. The second kappa shape index (κ2) is 15.6. The topological polar surface area (TPSA) is 129 Å². The molecule has 10 nitrogen and oxygen atoms in total. The second-order valence-corrected chi connectivity index (χ2v) is 15.6. The number of rotatable bonds is 6. The first-order valence-electron chi connectivity index (χ1n) is 20.8. The minimum absolute atomic E-state index is 0.415. The molecule has 0 bridgehead atoms. The molecule has 0 fully saturated rings. The van der Waals surface area contributed by atoms with Crippen LogP contribution < -0.4 is 0 Å². The predicted molar refractivity (Wildman–Crippen MR) is 257 cm³/mol. The highest BCUT2D eigenvalue weighted by molar-refractivity contribution is 6.13. The van der Waals surface area contributed by atoms with Gasteiger partial charge in [0.05, 0.1) is 75.4 Å². The van der Waals surface area contributed by atoms with Crippen LogP contribution in [0.3, 0.4) is 0 Å². The second-order valence-electron chi connectivity index (χ2n) is 15.6. The van der Waals surface area contributed by atoms with Crippen molar-refractivity contribution in [3.05, 3.63) is 209 Å². The fourth-order valence-electron chi connectivity index (χ4n) is 8.91. The van der Waals surface area contributed by atoms with Crippen LogP contribution in [0.2, 0.25) is 0 Å². The van der Waals surface area contributed by atoms with Crippen molar-refractivity contribution in [1.82, 2.24) is 24.1 Å². The van der Waals surface area contributed by atoms with Crippen molar-refractivity contribution >= 4 is 55.0 Å². The van der Waals surface area contributed by atoms with Crippen molar-refractivity contribution in [2.24, 2.45) is 0 Å². The van der Waals surface area contributed by atoms with E-state index >= 15 is 0 Å². The van der Waals surface area contributed by atoms with E-state index in [9.17, 15) is 15.8 Å². The number of para-hydroxylation sites is 1. The zero-order chi connectivity index (χ0) is 44.9. The maximum atomic E-state index is 10.8. The molecule has 0 aliphatic carbocycles. The summed E-state index contributed by atoms with van der Waals surface area (Å²) in [5.41, 5.74) is 10.6. The number of hydrogen-bond acceptors (Lipinski definition) is 6.